The number of nitrogens with two attached hydrogens (primary N) is 1. The molecule has 0 saturated carbocycles. The summed E-state index contributed by atoms with van der Waals surface area (Å²) in [5.74, 6) is -0.764. The van der Waals surface area contributed by atoms with Gasteiger partial charge in [-0.05, 0) is 24.3 Å². The van der Waals surface area contributed by atoms with Crippen LogP contribution < -0.4 is 10.5 Å². The predicted octanol–water partition coefficient (Wildman–Crippen LogP) is 2.44. The van der Waals surface area contributed by atoms with Crippen molar-refractivity contribution in [3.05, 3.63) is 34.9 Å². The standard InChI is InChI=1S/C10H8ClF2NO2/c11-7-2-3-8(16-10(12)13)6(5-7)1-4-9(14)15/h1-5,10H,(H2,14,15)/b4-1+. The summed E-state index contributed by atoms with van der Waals surface area (Å²) in [7, 11) is 0. The van der Waals surface area contributed by atoms with Crippen molar-refractivity contribution >= 4 is 23.6 Å². The maximum absolute atomic E-state index is 12.0. The summed E-state index contributed by atoms with van der Waals surface area (Å²) in [6.45, 7) is -2.94. The number of benzene rings is 1. The summed E-state index contributed by atoms with van der Waals surface area (Å²) >= 11 is 5.68. The van der Waals surface area contributed by atoms with E-state index in [1.165, 1.54) is 24.3 Å². The fraction of sp³-hybridized carbons (Fsp3) is 0.100. The summed E-state index contributed by atoms with van der Waals surface area (Å²) in [4.78, 5) is 10.5. The van der Waals surface area contributed by atoms with E-state index < -0.39 is 12.5 Å². The second kappa shape index (κ2) is 5.46. The third kappa shape index (κ3) is 3.86. The molecule has 1 aromatic rings. The third-order valence-corrected chi connectivity index (χ3v) is 1.85. The molecule has 0 aliphatic carbocycles. The van der Waals surface area contributed by atoms with Crippen molar-refractivity contribution < 1.29 is 18.3 Å². The maximum atomic E-state index is 12.0. The van der Waals surface area contributed by atoms with Crippen molar-refractivity contribution in [2.75, 3.05) is 0 Å². The van der Waals surface area contributed by atoms with E-state index in [0.29, 0.717) is 5.02 Å². The van der Waals surface area contributed by atoms with Crippen molar-refractivity contribution in [1.29, 1.82) is 0 Å². The first-order valence-corrected chi connectivity index (χ1v) is 4.58. The molecule has 0 unspecified atom stereocenters. The number of amides is 1. The first-order valence-electron chi connectivity index (χ1n) is 4.21. The monoisotopic (exact) mass is 247 g/mol. The van der Waals surface area contributed by atoms with Crippen molar-refractivity contribution in [1.82, 2.24) is 0 Å². The Kier molecular flexibility index (Phi) is 4.25. The van der Waals surface area contributed by atoms with Crippen LogP contribution in [0.2, 0.25) is 5.02 Å². The number of hydrogen-bond acceptors (Lipinski definition) is 2. The summed E-state index contributed by atoms with van der Waals surface area (Å²) in [6.07, 6.45) is 2.29. The first-order chi connectivity index (χ1) is 7.49. The molecule has 1 aromatic carbocycles. The van der Waals surface area contributed by atoms with E-state index >= 15 is 0 Å². The van der Waals surface area contributed by atoms with Gasteiger partial charge in [-0.25, -0.2) is 0 Å². The minimum atomic E-state index is -2.94. The summed E-state index contributed by atoms with van der Waals surface area (Å²) in [5, 5.41) is 0.339. The fourth-order valence-electron chi connectivity index (χ4n) is 1.02. The Labute approximate surface area is 95.5 Å². The van der Waals surface area contributed by atoms with Crippen LogP contribution in [-0.4, -0.2) is 12.5 Å². The lowest BCUT2D eigenvalue weighted by atomic mass is 10.2. The molecule has 0 fully saturated rings. The Morgan fingerprint density at radius 2 is 2.19 bits per heavy atom. The molecule has 6 heteroatoms. The minimum absolute atomic E-state index is 0.0723. The van der Waals surface area contributed by atoms with Gasteiger partial charge in [-0.3, -0.25) is 4.79 Å². The Morgan fingerprint density at radius 1 is 1.50 bits per heavy atom. The van der Waals surface area contributed by atoms with Crippen LogP contribution in [-0.2, 0) is 4.79 Å². The van der Waals surface area contributed by atoms with Gasteiger partial charge in [0.2, 0.25) is 5.91 Å². The molecule has 0 aliphatic rings. The molecule has 16 heavy (non-hydrogen) atoms. The number of alkyl halides is 2. The Bertz CT molecular complexity index is 421. The number of primary amides is 1. The van der Waals surface area contributed by atoms with Crippen LogP contribution in [0.4, 0.5) is 8.78 Å². The van der Waals surface area contributed by atoms with Crippen LogP contribution in [0.25, 0.3) is 6.08 Å². The number of ether oxygens (including phenoxy) is 1. The van der Waals surface area contributed by atoms with Crippen LogP contribution in [0.15, 0.2) is 24.3 Å². The summed E-state index contributed by atoms with van der Waals surface area (Å²) in [5.41, 5.74) is 5.14. The number of rotatable bonds is 4. The Hall–Kier alpha value is -1.62. The SMILES string of the molecule is NC(=O)/C=C/c1cc(Cl)ccc1OC(F)F. The topological polar surface area (TPSA) is 52.3 Å². The Balaban J connectivity index is 3.03. The van der Waals surface area contributed by atoms with Crippen molar-refractivity contribution in [2.45, 2.75) is 6.61 Å². The molecular weight excluding hydrogens is 240 g/mol. The molecule has 3 nitrogen and oxygen atoms in total. The molecule has 0 radical (unpaired) electrons. The highest BCUT2D eigenvalue weighted by molar-refractivity contribution is 6.30. The molecule has 0 heterocycles. The van der Waals surface area contributed by atoms with Crippen LogP contribution in [0, 0.1) is 0 Å². The molecule has 1 amide bonds. The summed E-state index contributed by atoms with van der Waals surface area (Å²) in [6, 6.07) is 4.08. The molecule has 0 saturated heterocycles. The predicted molar refractivity (Wildman–Crippen MR) is 56.3 cm³/mol. The van der Waals surface area contributed by atoms with Crippen molar-refractivity contribution in [3.63, 3.8) is 0 Å². The fourth-order valence-corrected chi connectivity index (χ4v) is 1.21. The van der Waals surface area contributed by atoms with Gasteiger partial charge in [0.1, 0.15) is 5.75 Å². The summed E-state index contributed by atoms with van der Waals surface area (Å²) < 4.78 is 28.3. The van der Waals surface area contributed by atoms with E-state index in [9.17, 15) is 13.6 Å². The average molecular weight is 248 g/mol. The molecule has 2 N–H and O–H groups in total. The van der Waals surface area contributed by atoms with Crippen LogP contribution in [0.5, 0.6) is 5.75 Å². The van der Waals surface area contributed by atoms with E-state index in [1.54, 1.807) is 0 Å². The number of hydrogen-bond donors (Lipinski definition) is 1. The van der Waals surface area contributed by atoms with Gasteiger partial charge in [0, 0.05) is 16.7 Å². The van der Waals surface area contributed by atoms with Crippen molar-refractivity contribution in [3.8, 4) is 5.75 Å². The second-order valence-electron chi connectivity index (χ2n) is 2.80. The van der Waals surface area contributed by atoms with E-state index in [1.807, 2.05) is 0 Å². The molecule has 86 valence electrons. The smallest absolute Gasteiger partial charge is 0.387 e. The second-order valence-corrected chi connectivity index (χ2v) is 3.23. The highest BCUT2D eigenvalue weighted by Crippen LogP contribution is 2.25. The highest BCUT2D eigenvalue weighted by atomic mass is 35.5. The number of halogens is 3. The highest BCUT2D eigenvalue weighted by Gasteiger charge is 2.08. The molecule has 0 atom stereocenters. The van der Waals surface area contributed by atoms with E-state index in [4.69, 9.17) is 17.3 Å². The van der Waals surface area contributed by atoms with Crippen LogP contribution >= 0.6 is 11.6 Å². The van der Waals surface area contributed by atoms with Gasteiger partial charge in [-0.1, -0.05) is 11.6 Å². The van der Waals surface area contributed by atoms with Gasteiger partial charge >= 0.3 is 6.61 Å². The van der Waals surface area contributed by atoms with E-state index in [2.05, 4.69) is 4.74 Å². The Morgan fingerprint density at radius 3 is 2.75 bits per heavy atom. The lowest BCUT2D eigenvalue weighted by Gasteiger charge is -2.07. The van der Waals surface area contributed by atoms with Gasteiger partial charge in [0.05, 0.1) is 0 Å². The zero-order valence-electron chi connectivity index (χ0n) is 7.99. The maximum Gasteiger partial charge on any atom is 0.387 e. The van der Waals surface area contributed by atoms with Gasteiger partial charge in [-0.15, -0.1) is 0 Å². The molecule has 0 aliphatic heterocycles. The number of carbonyl (C=O) groups excluding carboxylic acids is 1. The zero-order chi connectivity index (χ0) is 12.1. The van der Waals surface area contributed by atoms with E-state index in [0.717, 1.165) is 6.08 Å². The molecule has 0 aromatic heterocycles. The van der Waals surface area contributed by atoms with E-state index in [-0.39, 0.29) is 11.3 Å². The lowest BCUT2D eigenvalue weighted by molar-refractivity contribution is -0.113. The van der Waals surface area contributed by atoms with Gasteiger partial charge in [0.15, 0.2) is 0 Å². The molecule has 0 bridgehead atoms. The number of carbonyl (C=O) groups is 1. The minimum Gasteiger partial charge on any atom is -0.434 e. The normalized spacial score (nSPS) is 11.0. The van der Waals surface area contributed by atoms with Gasteiger partial charge < -0.3 is 10.5 Å². The van der Waals surface area contributed by atoms with Gasteiger partial charge in [-0.2, -0.15) is 8.78 Å². The lowest BCUT2D eigenvalue weighted by Crippen LogP contribution is -2.06. The van der Waals surface area contributed by atoms with Crippen molar-refractivity contribution in [2.24, 2.45) is 5.73 Å². The molecular formula is C10H8ClF2NO2. The molecule has 1 rings (SSSR count). The third-order valence-electron chi connectivity index (χ3n) is 1.62. The largest absolute Gasteiger partial charge is 0.434 e. The quantitative estimate of drug-likeness (QED) is 0.831. The van der Waals surface area contributed by atoms with Crippen LogP contribution in [0.1, 0.15) is 5.56 Å². The zero-order valence-corrected chi connectivity index (χ0v) is 8.75. The van der Waals surface area contributed by atoms with Crippen LogP contribution in [0.3, 0.4) is 0 Å². The first kappa shape index (κ1) is 12.4. The molecule has 0 spiro atoms. The van der Waals surface area contributed by atoms with Gasteiger partial charge in [0.25, 0.3) is 0 Å². The average Bonchev–Trinajstić information content (AvgIpc) is 2.17.